The molecule has 0 aliphatic carbocycles. The van der Waals surface area contributed by atoms with Crippen LogP contribution in [-0.2, 0) is 9.31 Å². The van der Waals surface area contributed by atoms with E-state index in [9.17, 15) is 0 Å². The van der Waals surface area contributed by atoms with Crippen molar-refractivity contribution >= 4 is 12.6 Å². The van der Waals surface area contributed by atoms with E-state index in [1.807, 2.05) is 6.07 Å². The van der Waals surface area contributed by atoms with Crippen LogP contribution < -0.4 is 5.46 Å². The van der Waals surface area contributed by atoms with E-state index in [0.29, 0.717) is 0 Å². The Labute approximate surface area is 168 Å². The van der Waals surface area contributed by atoms with Crippen molar-refractivity contribution in [2.24, 2.45) is 0 Å². The van der Waals surface area contributed by atoms with Crippen molar-refractivity contribution in [3.05, 3.63) is 78.9 Å². The van der Waals surface area contributed by atoms with Gasteiger partial charge in [-0.2, -0.15) is 0 Å². The Morgan fingerprint density at radius 1 is 0.679 bits per heavy atom. The van der Waals surface area contributed by atoms with Gasteiger partial charge in [-0.25, -0.2) is 0 Å². The molecule has 1 atom stereocenters. The smallest absolute Gasteiger partial charge is 0.399 e. The second-order valence-electron chi connectivity index (χ2n) is 8.23. The van der Waals surface area contributed by atoms with Crippen LogP contribution in [0, 0.1) is 0 Å². The summed E-state index contributed by atoms with van der Waals surface area (Å²) in [5.74, 6) is 0. The summed E-state index contributed by atoms with van der Waals surface area (Å²) in [6.07, 6.45) is 0.912. The molecule has 142 valence electrons. The number of rotatable bonds is 4. The van der Waals surface area contributed by atoms with Gasteiger partial charge in [0, 0.05) is 0 Å². The van der Waals surface area contributed by atoms with Gasteiger partial charge in [0.1, 0.15) is 0 Å². The van der Waals surface area contributed by atoms with E-state index in [1.54, 1.807) is 0 Å². The zero-order valence-corrected chi connectivity index (χ0v) is 17.1. The molecule has 1 heterocycles. The molecule has 0 aromatic heterocycles. The largest absolute Gasteiger partial charge is 0.494 e. The van der Waals surface area contributed by atoms with E-state index in [2.05, 4.69) is 100 Å². The number of benzene rings is 3. The molecule has 0 saturated carbocycles. The lowest BCUT2D eigenvalue weighted by molar-refractivity contribution is -0.0118. The highest BCUT2D eigenvalue weighted by Crippen LogP contribution is 2.39. The molecule has 0 spiro atoms. The lowest BCUT2D eigenvalue weighted by atomic mass is 9.78. The Bertz CT molecular complexity index is 967. The Kier molecular flexibility index (Phi) is 4.90. The van der Waals surface area contributed by atoms with Crippen molar-refractivity contribution in [2.75, 3.05) is 0 Å². The van der Waals surface area contributed by atoms with E-state index in [4.69, 9.17) is 9.31 Å². The summed E-state index contributed by atoms with van der Waals surface area (Å²) in [5, 5.41) is 0. The molecule has 28 heavy (non-hydrogen) atoms. The van der Waals surface area contributed by atoms with Crippen LogP contribution in [0.5, 0.6) is 0 Å². The van der Waals surface area contributed by atoms with Crippen LogP contribution >= 0.6 is 0 Å². The normalized spacial score (nSPS) is 21.1. The molecular weight excluding hydrogens is 343 g/mol. The van der Waals surface area contributed by atoms with Crippen molar-refractivity contribution in [1.29, 1.82) is 0 Å². The first-order valence-electron chi connectivity index (χ1n) is 10.0. The van der Waals surface area contributed by atoms with Crippen molar-refractivity contribution in [1.82, 2.24) is 0 Å². The van der Waals surface area contributed by atoms with Crippen LogP contribution in [0.1, 0.15) is 34.1 Å². The summed E-state index contributed by atoms with van der Waals surface area (Å²) in [7, 11) is -0.336. The summed E-state index contributed by atoms with van der Waals surface area (Å²) >= 11 is 0. The molecule has 3 heteroatoms. The van der Waals surface area contributed by atoms with Gasteiger partial charge in [0.05, 0.1) is 11.2 Å². The highest BCUT2D eigenvalue weighted by molar-refractivity contribution is 6.62. The summed E-state index contributed by atoms with van der Waals surface area (Å²) in [6, 6.07) is 27.6. The molecule has 1 unspecified atom stereocenters. The second kappa shape index (κ2) is 7.23. The first-order valence-corrected chi connectivity index (χ1v) is 10.0. The predicted molar refractivity (Wildman–Crippen MR) is 118 cm³/mol. The highest BCUT2D eigenvalue weighted by Gasteiger charge is 2.53. The SMILES string of the molecule is CCC1(C)OB(c2cccc(-c3cccc(-c4ccccc4)c3)c2)OC1(C)C. The fraction of sp³-hybridized carbons (Fsp3) is 0.280. The maximum Gasteiger partial charge on any atom is 0.494 e. The van der Waals surface area contributed by atoms with Gasteiger partial charge in [0.2, 0.25) is 0 Å². The predicted octanol–water partition coefficient (Wildman–Crippen LogP) is 5.71. The van der Waals surface area contributed by atoms with Crippen LogP contribution in [0.15, 0.2) is 78.9 Å². The van der Waals surface area contributed by atoms with Gasteiger partial charge in [0.25, 0.3) is 0 Å². The van der Waals surface area contributed by atoms with Gasteiger partial charge in [0.15, 0.2) is 0 Å². The zero-order valence-electron chi connectivity index (χ0n) is 17.1. The molecule has 0 amide bonds. The van der Waals surface area contributed by atoms with Crippen molar-refractivity contribution in [3.8, 4) is 22.3 Å². The van der Waals surface area contributed by atoms with Crippen LogP contribution in [0.4, 0.5) is 0 Å². The molecule has 1 saturated heterocycles. The lowest BCUT2D eigenvalue weighted by Crippen LogP contribution is -2.44. The van der Waals surface area contributed by atoms with Crippen molar-refractivity contribution < 1.29 is 9.31 Å². The van der Waals surface area contributed by atoms with E-state index >= 15 is 0 Å². The molecule has 1 aliphatic rings. The third-order valence-corrected chi connectivity index (χ3v) is 6.18. The van der Waals surface area contributed by atoms with E-state index < -0.39 is 0 Å². The Hall–Kier alpha value is -2.36. The number of hydrogen-bond acceptors (Lipinski definition) is 2. The summed E-state index contributed by atoms with van der Waals surface area (Å²) in [6.45, 7) is 8.52. The first-order chi connectivity index (χ1) is 13.4. The maximum atomic E-state index is 6.36. The molecule has 2 nitrogen and oxygen atoms in total. The lowest BCUT2D eigenvalue weighted by Gasteiger charge is -2.35. The van der Waals surface area contributed by atoms with Gasteiger partial charge in [-0.1, -0.05) is 79.7 Å². The third kappa shape index (κ3) is 3.41. The van der Waals surface area contributed by atoms with E-state index in [0.717, 1.165) is 11.9 Å². The van der Waals surface area contributed by atoms with Crippen molar-refractivity contribution in [2.45, 2.75) is 45.3 Å². The Morgan fingerprint density at radius 2 is 1.25 bits per heavy atom. The van der Waals surface area contributed by atoms with Gasteiger partial charge in [-0.05, 0) is 61.0 Å². The van der Waals surface area contributed by atoms with Crippen LogP contribution in [-0.4, -0.2) is 18.3 Å². The van der Waals surface area contributed by atoms with E-state index in [-0.39, 0.29) is 18.3 Å². The van der Waals surface area contributed by atoms with Crippen LogP contribution in [0.2, 0.25) is 0 Å². The minimum atomic E-state index is -0.336. The molecule has 4 rings (SSSR count). The molecule has 1 aliphatic heterocycles. The van der Waals surface area contributed by atoms with Gasteiger partial charge in [-0.15, -0.1) is 0 Å². The van der Waals surface area contributed by atoms with Crippen molar-refractivity contribution in [3.63, 3.8) is 0 Å². The minimum Gasteiger partial charge on any atom is -0.399 e. The van der Waals surface area contributed by atoms with Gasteiger partial charge in [-0.3, -0.25) is 0 Å². The topological polar surface area (TPSA) is 18.5 Å². The monoisotopic (exact) mass is 370 g/mol. The van der Waals surface area contributed by atoms with E-state index in [1.165, 1.54) is 22.3 Å². The number of hydrogen-bond donors (Lipinski definition) is 0. The van der Waals surface area contributed by atoms with Gasteiger partial charge >= 0.3 is 7.12 Å². The third-order valence-electron chi connectivity index (χ3n) is 6.18. The van der Waals surface area contributed by atoms with Crippen LogP contribution in [0.3, 0.4) is 0 Å². The second-order valence-corrected chi connectivity index (χ2v) is 8.23. The average molecular weight is 370 g/mol. The summed E-state index contributed by atoms with van der Waals surface area (Å²) in [5.41, 5.74) is 5.26. The van der Waals surface area contributed by atoms with Crippen LogP contribution in [0.25, 0.3) is 22.3 Å². The highest BCUT2D eigenvalue weighted by atomic mass is 16.7. The molecule has 0 bridgehead atoms. The quantitative estimate of drug-likeness (QED) is 0.548. The molecule has 3 aromatic carbocycles. The molecule has 3 aromatic rings. The Balaban J connectivity index is 1.66. The standard InChI is InChI=1S/C25H27BO2/c1-5-25(4)24(2,3)27-26(28-25)23-16-10-15-22(18-23)21-14-9-13-20(17-21)19-11-7-6-8-12-19/h6-18H,5H2,1-4H3. The maximum absolute atomic E-state index is 6.36. The zero-order chi connectivity index (χ0) is 19.8. The minimum absolute atomic E-state index is 0.291. The molecular formula is C25H27BO2. The fourth-order valence-corrected chi connectivity index (χ4v) is 3.81. The summed E-state index contributed by atoms with van der Waals surface area (Å²) < 4.78 is 12.7. The fourth-order valence-electron chi connectivity index (χ4n) is 3.81. The Morgan fingerprint density at radius 3 is 1.89 bits per heavy atom. The summed E-state index contributed by atoms with van der Waals surface area (Å²) in [4.78, 5) is 0. The molecule has 0 radical (unpaired) electrons. The molecule has 1 fully saturated rings. The average Bonchev–Trinajstić information content (AvgIpc) is 2.98. The molecule has 0 N–H and O–H groups in total. The van der Waals surface area contributed by atoms with Gasteiger partial charge < -0.3 is 9.31 Å². The first kappa shape index (κ1) is 19.0.